The first kappa shape index (κ1) is 17.2. The number of morpholine rings is 1. The number of carbonyl (C=O) groups excluding carboxylic acids is 2. The largest absolute Gasteiger partial charge is 0.467 e. The molecule has 2 atom stereocenters. The lowest BCUT2D eigenvalue weighted by Gasteiger charge is -2.33. The molecule has 0 aromatic rings. The van der Waals surface area contributed by atoms with Crippen LogP contribution in [-0.2, 0) is 19.1 Å². The summed E-state index contributed by atoms with van der Waals surface area (Å²) < 4.78 is 9.83. The highest BCUT2D eigenvalue weighted by molar-refractivity contribution is 5.85. The lowest BCUT2D eigenvalue weighted by Crippen LogP contribution is -2.54. The van der Waals surface area contributed by atoms with Crippen LogP contribution < -0.4 is 5.73 Å². The van der Waals surface area contributed by atoms with Gasteiger partial charge in [-0.1, -0.05) is 13.8 Å². The minimum Gasteiger partial charge on any atom is -0.467 e. The molecule has 1 amide bonds. The average Bonchev–Trinajstić information content (AvgIpc) is 2.36. The Kier molecular flexibility index (Phi) is 7.20. The zero-order valence-corrected chi connectivity index (χ0v) is 11.7. The lowest BCUT2D eigenvalue weighted by atomic mass is 10.0. The van der Waals surface area contributed by atoms with Gasteiger partial charge >= 0.3 is 5.97 Å². The van der Waals surface area contributed by atoms with Gasteiger partial charge in [-0.2, -0.15) is 0 Å². The number of hydrogen-bond donors (Lipinski definition) is 1. The fourth-order valence-electron chi connectivity index (χ4n) is 1.62. The minimum atomic E-state index is -0.697. The average molecular weight is 281 g/mol. The predicted molar refractivity (Wildman–Crippen MR) is 68.4 cm³/mol. The van der Waals surface area contributed by atoms with Crippen molar-refractivity contribution in [3.63, 3.8) is 0 Å². The highest BCUT2D eigenvalue weighted by Crippen LogP contribution is 2.10. The van der Waals surface area contributed by atoms with E-state index in [1.54, 1.807) is 4.90 Å². The number of esters is 1. The molecule has 1 unspecified atom stereocenters. The number of carbonyl (C=O) groups is 2. The maximum Gasteiger partial charge on any atom is 0.336 e. The second kappa shape index (κ2) is 7.56. The normalized spacial score (nSPS) is 21.2. The Bertz CT molecular complexity index is 299. The number of nitrogens with two attached hydrogens (primary N) is 1. The van der Waals surface area contributed by atoms with E-state index in [1.807, 2.05) is 13.8 Å². The number of methoxy groups -OCH3 is 1. The van der Waals surface area contributed by atoms with Gasteiger partial charge in [0.2, 0.25) is 5.91 Å². The van der Waals surface area contributed by atoms with Crippen molar-refractivity contribution in [3.05, 3.63) is 0 Å². The number of amides is 1. The SMILES string of the molecule is COC(=O)C1CN(C(=O)[C@@H](N)C(C)C)CCO1.Cl. The Balaban J connectivity index is 0.00000289. The Labute approximate surface area is 113 Å². The first-order chi connectivity index (χ1) is 7.97. The Morgan fingerprint density at radius 3 is 2.56 bits per heavy atom. The van der Waals surface area contributed by atoms with E-state index >= 15 is 0 Å². The summed E-state index contributed by atoms with van der Waals surface area (Å²) in [5.74, 6) is -0.528. The van der Waals surface area contributed by atoms with Crippen LogP contribution in [-0.4, -0.2) is 55.7 Å². The van der Waals surface area contributed by atoms with Crippen molar-refractivity contribution in [3.8, 4) is 0 Å². The van der Waals surface area contributed by atoms with Crippen molar-refractivity contribution in [2.75, 3.05) is 26.8 Å². The summed E-state index contributed by atoms with van der Waals surface area (Å²) in [7, 11) is 1.30. The summed E-state index contributed by atoms with van der Waals surface area (Å²) in [6.45, 7) is 4.79. The Hall–Kier alpha value is -0.850. The van der Waals surface area contributed by atoms with Crippen LogP contribution in [0.2, 0.25) is 0 Å². The van der Waals surface area contributed by atoms with Crippen molar-refractivity contribution in [2.45, 2.75) is 26.0 Å². The van der Waals surface area contributed by atoms with Crippen LogP contribution in [0.15, 0.2) is 0 Å². The molecule has 6 nitrogen and oxygen atoms in total. The number of rotatable bonds is 3. The molecule has 1 saturated heterocycles. The topological polar surface area (TPSA) is 81.9 Å². The van der Waals surface area contributed by atoms with E-state index in [-0.39, 0.29) is 30.8 Å². The predicted octanol–water partition coefficient (Wildman–Crippen LogP) is -0.208. The maximum absolute atomic E-state index is 12.0. The number of nitrogens with zero attached hydrogens (tertiary/aromatic N) is 1. The molecule has 1 fully saturated rings. The zero-order chi connectivity index (χ0) is 13.0. The van der Waals surface area contributed by atoms with Gasteiger partial charge in [-0.3, -0.25) is 4.79 Å². The van der Waals surface area contributed by atoms with E-state index in [4.69, 9.17) is 10.5 Å². The summed E-state index contributed by atoms with van der Waals surface area (Å²) in [4.78, 5) is 24.9. The summed E-state index contributed by atoms with van der Waals surface area (Å²) in [6, 6.07) is -0.536. The van der Waals surface area contributed by atoms with Crippen molar-refractivity contribution in [1.29, 1.82) is 0 Å². The van der Waals surface area contributed by atoms with Crippen LogP contribution in [0.1, 0.15) is 13.8 Å². The van der Waals surface area contributed by atoms with E-state index in [0.717, 1.165) is 0 Å². The fraction of sp³-hybridized carbons (Fsp3) is 0.818. The van der Waals surface area contributed by atoms with Gasteiger partial charge in [0.05, 0.1) is 26.3 Å². The molecule has 0 spiro atoms. The van der Waals surface area contributed by atoms with Gasteiger partial charge in [0, 0.05) is 6.54 Å². The highest BCUT2D eigenvalue weighted by atomic mass is 35.5. The number of halogens is 1. The third kappa shape index (κ3) is 4.12. The van der Waals surface area contributed by atoms with Crippen LogP contribution in [0.5, 0.6) is 0 Å². The minimum absolute atomic E-state index is 0. The van der Waals surface area contributed by atoms with E-state index in [0.29, 0.717) is 13.2 Å². The first-order valence-electron chi connectivity index (χ1n) is 5.71. The highest BCUT2D eigenvalue weighted by Gasteiger charge is 2.32. The monoisotopic (exact) mass is 280 g/mol. The number of hydrogen-bond acceptors (Lipinski definition) is 5. The van der Waals surface area contributed by atoms with E-state index < -0.39 is 18.1 Å². The molecule has 0 aliphatic carbocycles. The van der Waals surface area contributed by atoms with Gasteiger partial charge in [0.25, 0.3) is 0 Å². The number of ether oxygens (including phenoxy) is 2. The van der Waals surface area contributed by atoms with Gasteiger partial charge in [0.1, 0.15) is 0 Å². The van der Waals surface area contributed by atoms with E-state index in [9.17, 15) is 9.59 Å². The molecular weight excluding hydrogens is 260 g/mol. The summed E-state index contributed by atoms with van der Waals surface area (Å²) in [5, 5.41) is 0. The van der Waals surface area contributed by atoms with Crippen molar-refractivity contribution in [1.82, 2.24) is 4.90 Å². The molecule has 2 N–H and O–H groups in total. The van der Waals surface area contributed by atoms with Crippen molar-refractivity contribution < 1.29 is 19.1 Å². The van der Waals surface area contributed by atoms with Gasteiger partial charge in [0.15, 0.2) is 6.10 Å². The molecule has 18 heavy (non-hydrogen) atoms. The van der Waals surface area contributed by atoms with Gasteiger partial charge in [-0.25, -0.2) is 4.79 Å². The fourth-order valence-corrected chi connectivity index (χ4v) is 1.62. The van der Waals surface area contributed by atoms with Gasteiger partial charge in [-0.05, 0) is 5.92 Å². The summed E-state index contributed by atoms with van der Waals surface area (Å²) in [6.07, 6.45) is -0.697. The molecule has 0 aromatic carbocycles. The molecule has 1 aliphatic rings. The molecule has 1 heterocycles. The second-order valence-electron chi connectivity index (χ2n) is 4.44. The maximum atomic E-state index is 12.0. The molecule has 0 radical (unpaired) electrons. The Morgan fingerprint density at radius 2 is 2.06 bits per heavy atom. The van der Waals surface area contributed by atoms with Gasteiger partial charge in [-0.15, -0.1) is 12.4 Å². The molecule has 0 saturated carbocycles. The lowest BCUT2D eigenvalue weighted by molar-refractivity contribution is -0.163. The Morgan fingerprint density at radius 1 is 1.44 bits per heavy atom. The van der Waals surface area contributed by atoms with E-state index in [2.05, 4.69) is 4.74 Å². The third-order valence-corrected chi connectivity index (χ3v) is 2.85. The van der Waals surface area contributed by atoms with E-state index in [1.165, 1.54) is 7.11 Å². The van der Waals surface area contributed by atoms with Crippen LogP contribution in [0.3, 0.4) is 0 Å². The smallest absolute Gasteiger partial charge is 0.336 e. The zero-order valence-electron chi connectivity index (χ0n) is 10.9. The molecular formula is C11H21ClN2O4. The van der Waals surface area contributed by atoms with Gasteiger partial charge < -0.3 is 20.1 Å². The van der Waals surface area contributed by atoms with Crippen LogP contribution in [0, 0.1) is 5.92 Å². The van der Waals surface area contributed by atoms with Crippen LogP contribution in [0.25, 0.3) is 0 Å². The summed E-state index contributed by atoms with van der Waals surface area (Å²) in [5.41, 5.74) is 5.80. The van der Waals surface area contributed by atoms with Crippen LogP contribution in [0.4, 0.5) is 0 Å². The molecule has 0 aromatic heterocycles. The molecule has 7 heteroatoms. The molecule has 1 rings (SSSR count). The first-order valence-corrected chi connectivity index (χ1v) is 5.71. The van der Waals surface area contributed by atoms with Crippen molar-refractivity contribution in [2.24, 2.45) is 11.7 Å². The second-order valence-corrected chi connectivity index (χ2v) is 4.44. The summed E-state index contributed by atoms with van der Waals surface area (Å²) >= 11 is 0. The molecule has 1 aliphatic heterocycles. The molecule has 106 valence electrons. The standard InChI is InChI=1S/C11H20N2O4.ClH/c1-7(2)9(12)10(14)13-4-5-17-8(6-13)11(15)16-3;/h7-9H,4-6,12H2,1-3H3;1H/t8?,9-;/m0./s1. The van der Waals surface area contributed by atoms with Crippen molar-refractivity contribution >= 4 is 24.3 Å². The van der Waals surface area contributed by atoms with Crippen LogP contribution >= 0.6 is 12.4 Å². The molecule has 0 bridgehead atoms. The quantitative estimate of drug-likeness (QED) is 0.724. The third-order valence-electron chi connectivity index (χ3n) is 2.85.